The number of nitrogens with one attached hydrogen (secondary N) is 2. The van der Waals surface area contributed by atoms with Crippen molar-refractivity contribution < 1.29 is 27.1 Å². The third kappa shape index (κ3) is 4.54. The van der Waals surface area contributed by atoms with Crippen LogP contribution in [0.2, 0.25) is 0 Å². The third-order valence-electron chi connectivity index (χ3n) is 5.51. The third-order valence-corrected chi connectivity index (χ3v) is 8.03. The number of carboxylic acid groups (broad SMARTS) is 1. The Morgan fingerprint density at radius 3 is 2.58 bits per heavy atom. The Morgan fingerprint density at radius 2 is 2.03 bits per heavy atom. The molecule has 3 N–H and O–H groups in total. The molecule has 0 radical (unpaired) electrons. The number of benzene rings is 1. The van der Waals surface area contributed by atoms with Gasteiger partial charge < -0.3 is 10.4 Å². The first-order chi connectivity index (χ1) is 15.4. The fourth-order valence-electron chi connectivity index (χ4n) is 3.39. The minimum Gasteiger partial charge on any atom is -0.481 e. The first-order valence-corrected chi connectivity index (χ1v) is 12.4. The molecule has 178 valence electrons. The van der Waals surface area contributed by atoms with E-state index in [0.717, 1.165) is 12.8 Å². The Bertz CT molecular complexity index is 1330. The predicted molar refractivity (Wildman–Crippen MR) is 118 cm³/mol. The zero-order chi connectivity index (χ0) is 24.1. The SMILES string of the molecule is CNc1cc(S(=O)(=O)NC2(C)CC2)cc2c1c(CC(C)C(=O)O)nn2-c1nnc(C(F)F)s1. The summed E-state index contributed by atoms with van der Waals surface area (Å²) in [5, 5.41) is 24.0. The molecule has 10 nitrogen and oxygen atoms in total. The summed E-state index contributed by atoms with van der Waals surface area (Å²) in [6, 6.07) is 2.83. The van der Waals surface area contributed by atoms with Gasteiger partial charge in [-0.15, -0.1) is 10.2 Å². The lowest BCUT2D eigenvalue weighted by Gasteiger charge is -2.14. The average molecular weight is 501 g/mol. The van der Waals surface area contributed by atoms with E-state index in [1.807, 2.05) is 6.92 Å². The molecule has 1 unspecified atom stereocenters. The molecule has 14 heteroatoms. The highest BCUT2D eigenvalue weighted by atomic mass is 32.2. The highest BCUT2D eigenvalue weighted by Crippen LogP contribution is 2.38. The predicted octanol–water partition coefficient (Wildman–Crippen LogP) is 2.95. The minimum atomic E-state index is -3.89. The van der Waals surface area contributed by atoms with Crippen LogP contribution >= 0.6 is 11.3 Å². The van der Waals surface area contributed by atoms with E-state index in [1.54, 1.807) is 7.05 Å². The Hall–Kier alpha value is -2.71. The molecule has 33 heavy (non-hydrogen) atoms. The van der Waals surface area contributed by atoms with Gasteiger partial charge in [0.15, 0.2) is 5.01 Å². The standard InChI is InChI=1S/C19H22F2N6O4S2/c1-9(17(28)29)6-12-14-11(22-3)7-10(33(30,31)26-19(2)4-5-19)8-13(14)27(25-12)18-24-23-16(32-18)15(20)21/h7-9,15,22,26H,4-6H2,1-3H3,(H,28,29). The molecule has 0 spiro atoms. The van der Waals surface area contributed by atoms with Gasteiger partial charge in [0.25, 0.3) is 6.43 Å². The number of fused-ring (bicyclic) bond motifs is 1. The van der Waals surface area contributed by atoms with Gasteiger partial charge in [-0.3, -0.25) is 4.79 Å². The number of hydrogen-bond acceptors (Lipinski definition) is 8. The van der Waals surface area contributed by atoms with Crippen molar-refractivity contribution in [1.29, 1.82) is 0 Å². The summed E-state index contributed by atoms with van der Waals surface area (Å²) < 4.78 is 56.2. The molecule has 1 atom stereocenters. The van der Waals surface area contributed by atoms with E-state index in [9.17, 15) is 27.1 Å². The van der Waals surface area contributed by atoms with Crippen LogP contribution in [0.15, 0.2) is 17.0 Å². The molecular formula is C19H22F2N6O4S2. The summed E-state index contributed by atoms with van der Waals surface area (Å²) >= 11 is 0.621. The average Bonchev–Trinajstić information content (AvgIpc) is 3.15. The number of nitrogens with zero attached hydrogens (tertiary/aromatic N) is 4. The monoisotopic (exact) mass is 500 g/mol. The highest BCUT2D eigenvalue weighted by molar-refractivity contribution is 7.89. The van der Waals surface area contributed by atoms with Crippen molar-refractivity contribution in [3.63, 3.8) is 0 Å². The largest absolute Gasteiger partial charge is 0.481 e. The molecule has 1 aromatic carbocycles. The van der Waals surface area contributed by atoms with Crippen LogP contribution in [0.1, 0.15) is 43.8 Å². The van der Waals surface area contributed by atoms with Gasteiger partial charge in [0, 0.05) is 30.1 Å². The molecule has 1 aliphatic carbocycles. The number of hydrogen-bond donors (Lipinski definition) is 3. The molecule has 2 heterocycles. The number of aliphatic carboxylic acids is 1. The molecule has 1 saturated carbocycles. The van der Waals surface area contributed by atoms with Crippen molar-refractivity contribution in [1.82, 2.24) is 24.7 Å². The van der Waals surface area contributed by atoms with Crippen LogP contribution in [0.3, 0.4) is 0 Å². The van der Waals surface area contributed by atoms with Gasteiger partial charge in [0.05, 0.1) is 22.0 Å². The Labute approximate surface area is 192 Å². The van der Waals surface area contributed by atoms with E-state index in [2.05, 4.69) is 25.3 Å². The van der Waals surface area contributed by atoms with E-state index in [1.165, 1.54) is 23.7 Å². The van der Waals surface area contributed by atoms with E-state index in [0.29, 0.717) is 28.1 Å². The van der Waals surface area contributed by atoms with Crippen LogP contribution in [0.5, 0.6) is 0 Å². The number of aromatic nitrogens is 4. The second-order valence-corrected chi connectivity index (χ2v) is 11.0. The first kappa shape index (κ1) is 23.4. The van der Waals surface area contributed by atoms with Crippen LogP contribution in [0.25, 0.3) is 16.0 Å². The number of sulfonamides is 1. The summed E-state index contributed by atoms with van der Waals surface area (Å²) in [4.78, 5) is 11.4. The zero-order valence-corrected chi connectivity index (χ0v) is 19.6. The summed E-state index contributed by atoms with van der Waals surface area (Å²) in [6.07, 6.45) is -1.33. The number of rotatable bonds is 9. The second kappa shape index (κ2) is 8.25. The van der Waals surface area contributed by atoms with E-state index in [-0.39, 0.29) is 22.0 Å². The lowest BCUT2D eigenvalue weighted by molar-refractivity contribution is -0.141. The summed E-state index contributed by atoms with van der Waals surface area (Å²) in [5.74, 6) is -1.81. The van der Waals surface area contributed by atoms with Gasteiger partial charge in [0.1, 0.15) is 0 Å². The molecule has 2 aromatic heterocycles. The number of carboxylic acids is 1. The molecule has 0 amide bonds. The van der Waals surface area contributed by atoms with Gasteiger partial charge in [-0.05, 0) is 31.9 Å². The Morgan fingerprint density at radius 1 is 1.33 bits per heavy atom. The molecule has 0 saturated heterocycles. The highest BCUT2D eigenvalue weighted by Gasteiger charge is 2.41. The number of anilines is 1. The number of halogens is 2. The lowest BCUT2D eigenvalue weighted by atomic mass is 10.0. The fraction of sp³-hybridized carbons (Fsp3) is 0.474. The molecular weight excluding hydrogens is 478 g/mol. The van der Waals surface area contributed by atoms with Crippen molar-refractivity contribution in [2.45, 2.75) is 50.0 Å². The molecule has 4 rings (SSSR count). The smallest absolute Gasteiger partial charge is 0.306 e. The van der Waals surface area contributed by atoms with Crippen LogP contribution in [0.4, 0.5) is 14.5 Å². The van der Waals surface area contributed by atoms with Crippen LogP contribution in [0, 0.1) is 5.92 Å². The maximum atomic E-state index is 13.1. The van der Waals surface area contributed by atoms with Crippen molar-refractivity contribution in [2.75, 3.05) is 12.4 Å². The summed E-state index contributed by atoms with van der Waals surface area (Å²) in [5.41, 5.74) is 0.560. The normalized spacial score (nSPS) is 16.3. The van der Waals surface area contributed by atoms with Gasteiger partial charge >= 0.3 is 5.97 Å². The quantitative estimate of drug-likeness (QED) is 0.408. The van der Waals surface area contributed by atoms with E-state index >= 15 is 0 Å². The van der Waals surface area contributed by atoms with Gasteiger partial charge in [-0.2, -0.15) is 5.10 Å². The molecule has 0 bridgehead atoms. The lowest BCUT2D eigenvalue weighted by Crippen LogP contribution is -2.34. The summed E-state index contributed by atoms with van der Waals surface area (Å²) in [7, 11) is -2.29. The van der Waals surface area contributed by atoms with Gasteiger partial charge in [-0.25, -0.2) is 26.6 Å². The van der Waals surface area contributed by atoms with E-state index in [4.69, 9.17) is 0 Å². The van der Waals surface area contributed by atoms with Gasteiger partial charge in [-0.1, -0.05) is 18.3 Å². The van der Waals surface area contributed by atoms with Crippen molar-refractivity contribution in [2.24, 2.45) is 5.92 Å². The molecule has 3 aromatic rings. The zero-order valence-electron chi connectivity index (χ0n) is 18.0. The molecule has 1 aliphatic rings. The van der Waals surface area contributed by atoms with Crippen LogP contribution in [-0.4, -0.2) is 52.1 Å². The van der Waals surface area contributed by atoms with Crippen molar-refractivity contribution in [3.8, 4) is 5.13 Å². The second-order valence-electron chi connectivity index (χ2n) is 8.31. The topological polar surface area (TPSA) is 139 Å². The Balaban J connectivity index is 1.93. The maximum absolute atomic E-state index is 13.1. The van der Waals surface area contributed by atoms with Crippen molar-refractivity contribution in [3.05, 3.63) is 22.8 Å². The van der Waals surface area contributed by atoms with Crippen LogP contribution in [-0.2, 0) is 21.2 Å². The summed E-state index contributed by atoms with van der Waals surface area (Å²) in [6.45, 7) is 3.33. The minimum absolute atomic E-state index is 0.0169. The molecule has 1 fully saturated rings. The first-order valence-electron chi connectivity index (χ1n) is 10.1. The maximum Gasteiger partial charge on any atom is 0.306 e. The van der Waals surface area contributed by atoms with Crippen LogP contribution < -0.4 is 10.0 Å². The number of carbonyl (C=O) groups is 1. The molecule has 0 aliphatic heterocycles. The Kier molecular flexibility index (Phi) is 5.87. The fourth-order valence-corrected chi connectivity index (χ4v) is 5.56. The van der Waals surface area contributed by atoms with Crippen molar-refractivity contribution >= 4 is 43.9 Å². The van der Waals surface area contributed by atoms with Gasteiger partial charge in [0.2, 0.25) is 15.2 Å². The van der Waals surface area contributed by atoms with E-state index < -0.39 is 38.9 Å². The number of alkyl halides is 2.